The molecule has 2 atom stereocenters. The van der Waals surface area contributed by atoms with E-state index in [4.69, 9.17) is 9.47 Å². The van der Waals surface area contributed by atoms with Crippen LogP contribution in [0.1, 0.15) is 39.2 Å². The molecule has 2 aromatic carbocycles. The fourth-order valence-corrected chi connectivity index (χ4v) is 4.58. The SMILES string of the molecule is CC[C@@H](C)NC(=O)[C@@H](CC)N(Cc1ccc(F)cc1)C(=O)CN(c1ccc(OC)c(OC)c1)S(C)(=O)=O. The summed E-state index contributed by atoms with van der Waals surface area (Å²) >= 11 is 0. The van der Waals surface area contributed by atoms with E-state index in [1.807, 2.05) is 13.8 Å². The Morgan fingerprint density at radius 2 is 1.62 bits per heavy atom. The van der Waals surface area contributed by atoms with Crippen molar-refractivity contribution >= 4 is 27.5 Å². The minimum Gasteiger partial charge on any atom is -0.493 e. The van der Waals surface area contributed by atoms with Crippen LogP contribution in [0.15, 0.2) is 42.5 Å². The number of hydrogen-bond acceptors (Lipinski definition) is 6. The van der Waals surface area contributed by atoms with Crippen LogP contribution in [0.4, 0.5) is 10.1 Å². The van der Waals surface area contributed by atoms with Gasteiger partial charge in [-0.2, -0.15) is 0 Å². The Bertz CT molecular complexity index is 1170. The first-order valence-corrected chi connectivity index (χ1v) is 13.8. The third-order valence-electron chi connectivity index (χ3n) is 5.99. The average molecular weight is 538 g/mol. The number of benzene rings is 2. The first-order valence-electron chi connectivity index (χ1n) is 12.0. The number of nitrogens with one attached hydrogen (secondary N) is 1. The Morgan fingerprint density at radius 1 is 1.00 bits per heavy atom. The summed E-state index contributed by atoms with van der Waals surface area (Å²) in [5.41, 5.74) is 0.800. The monoisotopic (exact) mass is 537 g/mol. The summed E-state index contributed by atoms with van der Waals surface area (Å²) in [5, 5.41) is 2.90. The van der Waals surface area contributed by atoms with E-state index in [0.717, 1.165) is 10.6 Å². The molecule has 2 rings (SSSR count). The fourth-order valence-electron chi connectivity index (χ4n) is 3.74. The van der Waals surface area contributed by atoms with Crippen molar-refractivity contribution in [1.82, 2.24) is 10.2 Å². The Labute approximate surface area is 218 Å². The zero-order valence-corrected chi connectivity index (χ0v) is 23.0. The van der Waals surface area contributed by atoms with E-state index in [-0.39, 0.29) is 24.2 Å². The van der Waals surface area contributed by atoms with E-state index in [1.165, 1.54) is 55.5 Å². The number of amides is 2. The number of methoxy groups -OCH3 is 2. The molecule has 0 bridgehead atoms. The van der Waals surface area contributed by atoms with E-state index in [0.29, 0.717) is 29.9 Å². The first kappa shape index (κ1) is 29.9. The highest BCUT2D eigenvalue weighted by molar-refractivity contribution is 7.92. The van der Waals surface area contributed by atoms with Crippen LogP contribution in [0.25, 0.3) is 0 Å². The zero-order chi connectivity index (χ0) is 27.8. The Hall–Kier alpha value is -3.34. The molecule has 0 aromatic heterocycles. The highest BCUT2D eigenvalue weighted by Gasteiger charge is 2.32. The molecule has 0 fully saturated rings. The van der Waals surface area contributed by atoms with Crippen molar-refractivity contribution in [2.45, 2.75) is 52.2 Å². The smallest absolute Gasteiger partial charge is 0.244 e. The highest BCUT2D eigenvalue weighted by Crippen LogP contribution is 2.32. The lowest BCUT2D eigenvalue weighted by atomic mass is 10.1. The van der Waals surface area contributed by atoms with Crippen molar-refractivity contribution in [1.29, 1.82) is 0 Å². The number of nitrogens with zero attached hydrogens (tertiary/aromatic N) is 2. The molecular weight excluding hydrogens is 501 g/mol. The predicted molar refractivity (Wildman–Crippen MR) is 141 cm³/mol. The Morgan fingerprint density at radius 3 is 2.14 bits per heavy atom. The molecule has 204 valence electrons. The van der Waals surface area contributed by atoms with Gasteiger partial charge in [0.05, 0.1) is 26.2 Å². The van der Waals surface area contributed by atoms with Gasteiger partial charge >= 0.3 is 0 Å². The van der Waals surface area contributed by atoms with Crippen molar-refractivity contribution in [3.8, 4) is 11.5 Å². The van der Waals surface area contributed by atoms with Crippen LogP contribution >= 0.6 is 0 Å². The molecule has 0 saturated carbocycles. The van der Waals surface area contributed by atoms with Gasteiger partial charge in [0.2, 0.25) is 21.8 Å². The molecule has 0 radical (unpaired) electrons. The van der Waals surface area contributed by atoms with E-state index in [1.54, 1.807) is 13.0 Å². The van der Waals surface area contributed by atoms with Gasteiger partial charge in [0.1, 0.15) is 18.4 Å². The fraction of sp³-hybridized carbons (Fsp3) is 0.462. The molecular formula is C26H36FN3O6S. The van der Waals surface area contributed by atoms with Crippen LogP contribution in [0.3, 0.4) is 0 Å². The third kappa shape index (κ3) is 8.08. The van der Waals surface area contributed by atoms with Gasteiger partial charge in [0, 0.05) is 18.7 Å². The number of ether oxygens (including phenoxy) is 2. The molecule has 0 unspecified atom stereocenters. The van der Waals surface area contributed by atoms with E-state index in [2.05, 4.69) is 5.32 Å². The molecule has 0 aliphatic carbocycles. The molecule has 0 spiro atoms. The van der Waals surface area contributed by atoms with Crippen molar-refractivity contribution in [2.75, 3.05) is 31.3 Å². The van der Waals surface area contributed by atoms with Crippen LogP contribution in [0.5, 0.6) is 11.5 Å². The van der Waals surface area contributed by atoms with Crippen LogP contribution in [0, 0.1) is 5.82 Å². The maximum absolute atomic E-state index is 13.7. The number of carbonyl (C=O) groups excluding carboxylic acids is 2. The van der Waals surface area contributed by atoms with Gasteiger partial charge in [-0.1, -0.05) is 26.0 Å². The topological polar surface area (TPSA) is 105 Å². The molecule has 2 aromatic rings. The number of carbonyl (C=O) groups is 2. The van der Waals surface area contributed by atoms with Crippen molar-refractivity contribution in [3.63, 3.8) is 0 Å². The zero-order valence-electron chi connectivity index (χ0n) is 22.2. The Kier molecular flexibility index (Phi) is 10.7. The molecule has 1 N–H and O–H groups in total. The number of halogens is 1. The first-order chi connectivity index (χ1) is 17.4. The van der Waals surface area contributed by atoms with Crippen LogP contribution in [-0.2, 0) is 26.2 Å². The third-order valence-corrected chi connectivity index (χ3v) is 7.13. The van der Waals surface area contributed by atoms with Crippen LogP contribution < -0.4 is 19.1 Å². The maximum atomic E-state index is 13.7. The van der Waals surface area contributed by atoms with Crippen LogP contribution in [-0.4, -0.2) is 64.2 Å². The standard InChI is InChI=1S/C26H36FN3O6S/c1-7-18(3)28-26(32)22(8-2)29(16-19-9-11-20(27)12-10-19)25(31)17-30(37(6,33)34)21-13-14-23(35-4)24(15-21)36-5/h9-15,18,22H,7-8,16-17H2,1-6H3,(H,28,32)/t18-,22-/m1/s1. The molecule has 11 heteroatoms. The maximum Gasteiger partial charge on any atom is 0.244 e. The molecule has 0 heterocycles. The summed E-state index contributed by atoms with van der Waals surface area (Å²) < 4.78 is 50.5. The van der Waals surface area contributed by atoms with Crippen molar-refractivity contribution in [3.05, 3.63) is 53.8 Å². The van der Waals surface area contributed by atoms with Gasteiger partial charge in [0.15, 0.2) is 11.5 Å². The van der Waals surface area contributed by atoms with Crippen molar-refractivity contribution < 1.29 is 31.9 Å². The second kappa shape index (κ2) is 13.3. The van der Waals surface area contributed by atoms with Crippen molar-refractivity contribution in [2.24, 2.45) is 0 Å². The highest BCUT2D eigenvalue weighted by atomic mass is 32.2. The predicted octanol–water partition coefficient (Wildman–Crippen LogP) is 3.33. The number of hydrogen-bond donors (Lipinski definition) is 1. The molecule has 9 nitrogen and oxygen atoms in total. The number of rotatable bonds is 13. The largest absolute Gasteiger partial charge is 0.493 e. The van der Waals surface area contributed by atoms with E-state index >= 15 is 0 Å². The second-order valence-electron chi connectivity index (χ2n) is 8.70. The molecule has 37 heavy (non-hydrogen) atoms. The summed E-state index contributed by atoms with van der Waals surface area (Å²) in [4.78, 5) is 28.1. The van der Waals surface area contributed by atoms with E-state index in [9.17, 15) is 22.4 Å². The van der Waals surface area contributed by atoms with E-state index < -0.39 is 34.3 Å². The van der Waals surface area contributed by atoms with Gasteiger partial charge in [-0.15, -0.1) is 0 Å². The normalized spacial score (nSPS) is 12.8. The quantitative estimate of drug-likeness (QED) is 0.420. The summed E-state index contributed by atoms with van der Waals surface area (Å²) in [5.74, 6) is -0.666. The lowest BCUT2D eigenvalue weighted by Gasteiger charge is -2.33. The number of sulfonamides is 1. The van der Waals surface area contributed by atoms with Gasteiger partial charge in [-0.3, -0.25) is 13.9 Å². The molecule has 0 aliphatic heterocycles. The molecule has 2 amide bonds. The summed E-state index contributed by atoms with van der Waals surface area (Å²) in [7, 11) is -1.03. The lowest BCUT2D eigenvalue weighted by Crippen LogP contribution is -2.53. The van der Waals surface area contributed by atoms with Crippen LogP contribution in [0.2, 0.25) is 0 Å². The van der Waals surface area contributed by atoms with Gasteiger partial charge in [-0.25, -0.2) is 12.8 Å². The number of anilines is 1. The van der Waals surface area contributed by atoms with Gasteiger partial charge in [0.25, 0.3) is 0 Å². The van der Waals surface area contributed by atoms with Gasteiger partial charge < -0.3 is 19.7 Å². The lowest BCUT2D eigenvalue weighted by molar-refractivity contribution is -0.140. The summed E-state index contributed by atoms with van der Waals surface area (Å²) in [6, 6.07) is 9.13. The average Bonchev–Trinajstić information content (AvgIpc) is 2.86. The summed E-state index contributed by atoms with van der Waals surface area (Å²) in [6.45, 7) is 5.01. The Balaban J connectivity index is 2.48. The van der Waals surface area contributed by atoms with Gasteiger partial charge in [-0.05, 0) is 49.6 Å². The minimum absolute atomic E-state index is 0.00488. The summed E-state index contributed by atoms with van der Waals surface area (Å²) in [6.07, 6.45) is 1.99. The molecule has 0 saturated heterocycles. The minimum atomic E-state index is -3.91. The molecule has 0 aliphatic rings. The second-order valence-corrected chi connectivity index (χ2v) is 10.6.